The van der Waals surface area contributed by atoms with E-state index in [-0.39, 0.29) is 24.3 Å². The molecule has 156 valence electrons. The lowest BCUT2D eigenvalue weighted by Gasteiger charge is -2.20. The highest BCUT2D eigenvalue weighted by Crippen LogP contribution is 2.33. The van der Waals surface area contributed by atoms with Crippen LogP contribution in [0.25, 0.3) is 0 Å². The van der Waals surface area contributed by atoms with Gasteiger partial charge in [0.15, 0.2) is 5.17 Å². The molecule has 0 spiro atoms. The zero-order chi connectivity index (χ0) is 20.9. The fourth-order valence-corrected chi connectivity index (χ4v) is 4.80. The van der Waals surface area contributed by atoms with Crippen LogP contribution in [0.5, 0.6) is 0 Å². The molecule has 4 rings (SSSR count). The Hall–Kier alpha value is -2.35. The second-order valence-electron chi connectivity index (χ2n) is 7.18. The van der Waals surface area contributed by atoms with E-state index in [1.807, 2.05) is 30.3 Å². The molecular formula is C22H22ClN3O3S. The number of aliphatic imine (C=N–C) groups is 1. The maximum Gasteiger partial charge on any atom is 0.242 e. The van der Waals surface area contributed by atoms with Gasteiger partial charge in [-0.15, -0.1) is 0 Å². The van der Waals surface area contributed by atoms with Crippen molar-refractivity contribution in [2.75, 3.05) is 18.5 Å². The first-order chi connectivity index (χ1) is 14.6. The van der Waals surface area contributed by atoms with Crippen LogP contribution in [0.4, 0.5) is 11.4 Å². The summed E-state index contributed by atoms with van der Waals surface area (Å²) in [5, 5.41) is 3.44. The summed E-state index contributed by atoms with van der Waals surface area (Å²) in [6, 6.07) is 16.5. The van der Waals surface area contributed by atoms with Gasteiger partial charge in [-0.05, 0) is 43.2 Å². The Morgan fingerprint density at radius 1 is 1.23 bits per heavy atom. The number of rotatable bonds is 6. The molecule has 0 aliphatic carbocycles. The van der Waals surface area contributed by atoms with Crippen LogP contribution in [-0.2, 0) is 14.3 Å². The van der Waals surface area contributed by atoms with E-state index >= 15 is 0 Å². The second-order valence-corrected chi connectivity index (χ2v) is 8.79. The van der Waals surface area contributed by atoms with Gasteiger partial charge in [0.1, 0.15) is 5.25 Å². The number of nitrogens with one attached hydrogen (secondary N) is 1. The molecule has 2 unspecified atom stereocenters. The van der Waals surface area contributed by atoms with E-state index in [4.69, 9.17) is 16.3 Å². The molecule has 0 aromatic heterocycles. The summed E-state index contributed by atoms with van der Waals surface area (Å²) >= 11 is 7.31. The molecule has 2 aromatic rings. The number of para-hydroxylation sites is 1. The van der Waals surface area contributed by atoms with Gasteiger partial charge in [0.2, 0.25) is 11.8 Å². The molecular weight excluding hydrogens is 422 g/mol. The van der Waals surface area contributed by atoms with E-state index in [0.717, 1.165) is 25.1 Å². The van der Waals surface area contributed by atoms with Gasteiger partial charge in [0.25, 0.3) is 0 Å². The van der Waals surface area contributed by atoms with Gasteiger partial charge >= 0.3 is 0 Å². The van der Waals surface area contributed by atoms with Gasteiger partial charge in [-0.1, -0.05) is 47.6 Å². The molecule has 8 heteroatoms. The van der Waals surface area contributed by atoms with Gasteiger partial charge < -0.3 is 10.1 Å². The predicted molar refractivity (Wildman–Crippen MR) is 120 cm³/mol. The molecule has 2 fully saturated rings. The number of nitrogens with zero attached hydrogens (tertiary/aromatic N) is 2. The number of hydrogen-bond acceptors (Lipinski definition) is 5. The van der Waals surface area contributed by atoms with Crippen molar-refractivity contribution in [2.24, 2.45) is 4.99 Å². The van der Waals surface area contributed by atoms with E-state index < -0.39 is 5.25 Å². The molecule has 0 radical (unpaired) electrons. The standard InChI is InChI=1S/C22H22ClN3O3S/c23-15-6-4-9-17(12-15)24-20(27)13-19-21(28)26(14-18-10-5-11-29-18)22(30-19)25-16-7-2-1-3-8-16/h1-4,6-9,12,18-19H,5,10-11,13-14H2,(H,24,27). The molecule has 0 saturated carbocycles. The average molecular weight is 444 g/mol. The fraction of sp³-hybridized carbons (Fsp3) is 0.318. The molecule has 2 aromatic carbocycles. The highest BCUT2D eigenvalue weighted by Gasteiger charge is 2.40. The van der Waals surface area contributed by atoms with E-state index in [1.54, 1.807) is 29.2 Å². The minimum absolute atomic E-state index is 0.00885. The van der Waals surface area contributed by atoms with Crippen LogP contribution in [0.15, 0.2) is 59.6 Å². The van der Waals surface area contributed by atoms with Crippen molar-refractivity contribution in [2.45, 2.75) is 30.6 Å². The lowest BCUT2D eigenvalue weighted by molar-refractivity contribution is -0.129. The number of benzene rings is 2. The third-order valence-corrected chi connectivity index (χ3v) is 6.30. The molecule has 2 heterocycles. The van der Waals surface area contributed by atoms with Crippen LogP contribution >= 0.6 is 23.4 Å². The van der Waals surface area contributed by atoms with E-state index in [1.165, 1.54) is 11.8 Å². The predicted octanol–water partition coefficient (Wildman–Crippen LogP) is 4.48. The monoisotopic (exact) mass is 443 g/mol. The van der Waals surface area contributed by atoms with Gasteiger partial charge in [-0.2, -0.15) is 0 Å². The van der Waals surface area contributed by atoms with Crippen molar-refractivity contribution in [3.63, 3.8) is 0 Å². The zero-order valence-electron chi connectivity index (χ0n) is 16.3. The summed E-state index contributed by atoms with van der Waals surface area (Å²) in [4.78, 5) is 32.0. The average Bonchev–Trinajstić information content (AvgIpc) is 3.33. The SMILES string of the molecule is O=C(CC1SC(=Nc2ccccc2)N(CC2CCCO2)C1=O)Nc1cccc(Cl)c1. The van der Waals surface area contributed by atoms with Gasteiger partial charge in [-0.25, -0.2) is 4.99 Å². The third-order valence-electron chi connectivity index (χ3n) is 4.89. The van der Waals surface area contributed by atoms with Crippen molar-refractivity contribution >= 4 is 51.7 Å². The Kier molecular flexibility index (Phi) is 6.72. The molecule has 1 N–H and O–H groups in total. The first-order valence-corrected chi connectivity index (χ1v) is 11.1. The normalized spacial score (nSPS) is 22.6. The topological polar surface area (TPSA) is 71.0 Å². The first kappa shape index (κ1) is 20.9. The number of carbonyl (C=O) groups is 2. The van der Waals surface area contributed by atoms with E-state index in [0.29, 0.717) is 22.4 Å². The molecule has 0 bridgehead atoms. The summed E-state index contributed by atoms with van der Waals surface area (Å²) in [7, 11) is 0. The second kappa shape index (κ2) is 9.64. The summed E-state index contributed by atoms with van der Waals surface area (Å²) in [6.45, 7) is 1.18. The fourth-order valence-electron chi connectivity index (χ4n) is 3.44. The quantitative estimate of drug-likeness (QED) is 0.714. The van der Waals surface area contributed by atoms with Gasteiger partial charge in [0, 0.05) is 23.7 Å². The first-order valence-electron chi connectivity index (χ1n) is 9.87. The summed E-state index contributed by atoms with van der Waals surface area (Å²) < 4.78 is 5.72. The van der Waals surface area contributed by atoms with Crippen molar-refractivity contribution in [3.05, 3.63) is 59.6 Å². The minimum atomic E-state index is -0.520. The lowest BCUT2D eigenvalue weighted by atomic mass is 10.2. The summed E-state index contributed by atoms with van der Waals surface area (Å²) in [5.41, 5.74) is 1.38. The van der Waals surface area contributed by atoms with E-state index in [2.05, 4.69) is 10.3 Å². The van der Waals surface area contributed by atoms with E-state index in [9.17, 15) is 9.59 Å². The number of ether oxygens (including phenoxy) is 1. The van der Waals surface area contributed by atoms with Crippen LogP contribution in [0.2, 0.25) is 5.02 Å². The number of halogens is 1. The lowest BCUT2D eigenvalue weighted by Crippen LogP contribution is -2.38. The molecule has 2 atom stereocenters. The maximum atomic E-state index is 13.1. The Bertz CT molecular complexity index is 948. The van der Waals surface area contributed by atoms with Crippen molar-refractivity contribution in [1.29, 1.82) is 0 Å². The maximum absolute atomic E-state index is 13.1. The Morgan fingerprint density at radius 3 is 2.80 bits per heavy atom. The number of thioether (sulfide) groups is 1. The van der Waals surface area contributed by atoms with Crippen LogP contribution in [0, 0.1) is 0 Å². The van der Waals surface area contributed by atoms with Crippen LogP contribution in [0.3, 0.4) is 0 Å². The minimum Gasteiger partial charge on any atom is -0.376 e. The zero-order valence-corrected chi connectivity index (χ0v) is 17.9. The largest absolute Gasteiger partial charge is 0.376 e. The smallest absolute Gasteiger partial charge is 0.242 e. The summed E-state index contributed by atoms with van der Waals surface area (Å²) in [6.07, 6.45) is 1.99. The molecule has 2 saturated heterocycles. The van der Waals surface area contributed by atoms with Gasteiger partial charge in [-0.3, -0.25) is 14.5 Å². The summed E-state index contributed by atoms with van der Waals surface area (Å²) in [5.74, 6) is -0.340. The Balaban J connectivity index is 1.48. The molecule has 6 nitrogen and oxygen atoms in total. The van der Waals surface area contributed by atoms with Crippen molar-refractivity contribution in [1.82, 2.24) is 4.90 Å². The molecule has 30 heavy (non-hydrogen) atoms. The van der Waals surface area contributed by atoms with Crippen molar-refractivity contribution in [3.8, 4) is 0 Å². The molecule has 2 amide bonds. The third kappa shape index (κ3) is 5.22. The number of carbonyl (C=O) groups excluding carboxylic acids is 2. The highest BCUT2D eigenvalue weighted by atomic mass is 35.5. The molecule has 2 aliphatic heterocycles. The van der Waals surface area contributed by atoms with Crippen LogP contribution in [0.1, 0.15) is 19.3 Å². The number of amidine groups is 1. The van der Waals surface area contributed by atoms with Crippen LogP contribution in [-0.4, -0.2) is 46.4 Å². The number of anilines is 1. The Morgan fingerprint density at radius 2 is 2.07 bits per heavy atom. The number of hydrogen-bond donors (Lipinski definition) is 1. The number of amides is 2. The highest BCUT2D eigenvalue weighted by molar-refractivity contribution is 8.15. The van der Waals surface area contributed by atoms with Crippen LogP contribution < -0.4 is 5.32 Å². The molecule has 2 aliphatic rings. The van der Waals surface area contributed by atoms with Gasteiger partial charge in [0.05, 0.1) is 18.3 Å². The Labute approximate surface area is 184 Å². The van der Waals surface area contributed by atoms with Crippen molar-refractivity contribution < 1.29 is 14.3 Å².